The van der Waals surface area contributed by atoms with E-state index >= 15 is 0 Å². The van der Waals surface area contributed by atoms with Crippen LogP contribution in [0.1, 0.15) is 12.5 Å². The molecule has 1 aromatic rings. The average molecular weight is 206 g/mol. The second-order valence-corrected chi connectivity index (χ2v) is 3.44. The molecule has 0 aromatic heterocycles. The van der Waals surface area contributed by atoms with Crippen LogP contribution >= 0.6 is 0 Å². The Morgan fingerprint density at radius 1 is 1.27 bits per heavy atom. The number of hydrogen-bond acceptors (Lipinski definition) is 2. The molecule has 0 saturated carbocycles. The van der Waals surface area contributed by atoms with E-state index in [1.165, 1.54) is 4.90 Å². The summed E-state index contributed by atoms with van der Waals surface area (Å²) in [5, 5.41) is 0. The number of nitrogens with two attached hydrogens (primary N) is 1. The molecule has 0 saturated heterocycles. The minimum Gasteiger partial charge on any atom is -0.351 e. The van der Waals surface area contributed by atoms with Crippen molar-refractivity contribution < 1.29 is 9.59 Å². The molecule has 0 bridgehead atoms. The van der Waals surface area contributed by atoms with Crippen molar-refractivity contribution in [2.45, 2.75) is 13.3 Å². The summed E-state index contributed by atoms with van der Waals surface area (Å²) >= 11 is 0. The summed E-state index contributed by atoms with van der Waals surface area (Å²) in [4.78, 5) is 23.1. The van der Waals surface area contributed by atoms with Crippen LogP contribution < -0.4 is 10.6 Å². The second kappa shape index (κ2) is 4.59. The highest BCUT2D eigenvalue weighted by Gasteiger charge is 2.05. The van der Waals surface area contributed by atoms with Crippen molar-refractivity contribution in [3.63, 3.8) is 0 Å². The van der Waals surface area contributed by atoms with Gasteiger partial charge in [-0.05, 0) is 24.6 Å². The number of urea groups is 1. The molecule has 4 heteroatoms. The largest absolute Gasteiger partial charge is 0.351 e. The Morgan fingerprint density at radius 3 is 2.20 bits per heavy atom. The SMILES string of the molecule is CC(=O)Cc1ccc(N(C)C(N)=O)cc1. The van der Waals surface area contributed by atoms with Gasteiger partial charge in [-0.15, -0.1) is 0 Å². The fraction of sp³-hybridized carbons (Fsp3) is 0.273. The van der Waals surface area contributed by atoms with Crippen LogP contribution in [0, 0.1) is 0 Å². The van der Waals surface area contributed by atoms with E-state index in [-0.39, 0.29) is 5.78 Å². The van der Waals surface area contributed by atoms with Gasteiger partial charge < -0.3 is 5.73 Å². The van der Waals surface area contributed by atoms with Crippen LogP contribution in [-0.4, -0.2) is 18.9 Å². The van der Waals surface area contributed by atoms with E-state index in [9.17, 15) is 9.59 Å². The topological polar surface area (TPSA) is 63.4 Å². The van der Waals surface area contributed by atoms with Gasteiger partial charge in [0.15, 0.2) is 0 Å². The van der Waals surface area contributed by atoms with Crippen molar-refractivity contribution in [1.82, 2.24) is 0 Å². The van der Waals surface area contributed by atoms with E-state index in [1.807, 2.05) is 12.1 Å². The fourth-order valence-corrected chi connectivity index (χ4v) is 1.25. The van der Waals surface area contributed by atoms with Gasteiger partial charge in [-0.3, -0.25) is 9.69 Å². The number of nitrogens with zero attached hydrogens (tertiary/aromatic N) is 1. The number of amides is 2. The first kappa shape index (κ1) is 11.2. The predicted octanol–water partition coefficient (Wildman–Crippen LogP) is 1.33. The number of rotatable bonds is 3. The first-order valence-electron chi connectivity index (χ1n) is 4.62. The van der Waals surface area contributed by atoms with E-state index in [0.29, 0.717) is 6.42 Å². The molecule has 2 amide bonds. The lowest BCUT2D eigenvalue weighted by molar-refractivity contribution is -0.116. The molecule has 15 heavy (non-hydrogen) atoms. The molecule has 2 N–H and O–H groups in total. The number of ketones is 1. The van der Waals surface area contributed by atoms with Crippen molar-refractivity contribution >= 4 is 17.5 Å². The number of carbonyl (C=O) groups is 2. The Balaban J connectivity index is 2.80. The highest BCUT2D eigenvalue weighted by atomic mass is 16.2. The van der Waals surface area contributed by atoms with E-state index in [2.05, 4.69) is 0 Å². The quantitative estimate of drug-likeness (QED) is 0.810. The van der Waals surface area contributed by atoms with E-state index < -0.39 is 6.03 Å². The van der Waals surface area contributed by atoms with Crippen molar-refractivity contribution in [2.75, 3.05) is 11.9 Å². The minimum absolute atomic E-state index is 0.117. The summed E-state index contributed by atoms with van der Waals surface area (Å²) in [5.74, 6) is 0.117. The fourth-order valence-electron chi connectivity index (χ4n) is 1.25. The predicted molar refractivity (Wildman–Crippen MR) is 58.8 cm³/mol. The third-order valence-electron chi connectivity index (χ3n) is 2.11. The van der Waals surface area contributed by atoms with Gasteiger partial charge in [-0.25, -0.2) is 4.79 Å². The molecule has 0 radical (unpaired) electrons. The summed E-state index contributed by atoms with van der Waals surface area (Å²) in [6.45, 7) is 1.55. The number of carbonyl (C=O) groups excluding carboxylic acids is 2. The smallest absolute Gasteiger partial charge is 0.318 e. The summed E-state index contributed by atoms with van der Waals surface area (Å²) in [6, 6.07) is 6.66. The van der Waals surface area contributed by atoms with Gasteiger partial charge >= 0.3 is 6.03 Å². The number of benzene rings is 1. The average Bonchev–Trinajstić information content (AvgIpc) is 2.17. The molecule has 0 fully saturated rings. The van der Waals surface area contributed by atoms with Gasteiger partial charge in [-0.1, -0.05) is 12.1 Å². The number of anilines is 1. The highest BCUT2D eigenvalue weighted by Crippen LogP contribution is 2.13. The third kappa shape index (κ3) is 3.09. The maximum Gasteiger partial charge on any atom is 0.318 e. The summed E-state index contributed by atoms with van der Waals surface area (Å²) in [7, 11) is 1.60. The summed E-state index contributed by atoms with van der Waals surface area (Å²) < 4.78 is 0. The van der Waals surface area contributed by atoms with Crippen molar-refractivity contribution in [3.8, 4) is 0 Å². The van der Waals surface area contributed by atoms with Gasteiger partial charge in [0.2, 0.25) is 0 Å². The van der Waals surface area contributed by atoms with Crippen LogP contribution in [0.25, 0.3) is 0 Å². The molecule has 1 aromatic carbocycles. The summed E-state index contributed by atoms with van der Waals surface area (Å²) in [5.41, 5.74) is 6.77. The van der Waals surface area contributed by atoms with Crippen molar-refractivity contribution in [3.05, 3.63) is 29.8 Å². The van der Waals surface area contributed by atoms with Gasteiger partial charge in [0.05, 0.1) is 0 Å². The lowest BCUT2D eigenvalue weighted by atomic mass is 10.1. The minimum atomic E-state index is -0.505. The number of hydrogen-bond donors (Lipinski definition) is 1. The Kier molecular flexibility index (Phi) is 3.44. The zero-order chi connectivity index (χ0) is 11.4. The maximum atomic E-state index is 10.9. The third-order valence-corrected chi connectivity index (χ3v) is 2.11. The monoisotopic (exact) mass is 206 g/mol. The molecular formula is C11H14N2O2. The molecule has 1 rings (SSSR count). The second-order valence-electron chi connectivity index (χ2n) is 3.44. The molecule has 0 atom stereocenters. The van der Waals surface area contributed by atoms with Crippen LogP contribution in [0.2, 0.25) is 0 Å². The molecule has 0 heterocycles. The van der Waals surface area contributed by atoms with Crippen LogP contribution in [0.3, 0.4) is 0 Å². The number of primary amides is 1. The van der Waals surface area contributed by atoms with Gasteiger partial charge in [0.25, 0.3) is 0 Å². The van der Waals surface area contributed by atoms with Crippen molar-refractivity contribution in [2.24, 2.45) is 5.73 Å². The first-order valence-corrected chi connectivity index (χ1v) is 4.62. The van der Waals surface area contributed by atoms with Gasteiger partial charge in [0, 0.05) is 19.2 Å². The normalized spacial score (nSPS) is 9.73. The Bertz CT molecular complexity index is 371. The Morgan fingerprint density at radius 2 is 1.80 bits per heavy atom. The molecule has 0 aliphatic heterocycles. The van der Waals surface area contributed by atoms with Crippen LogP contribution in [0.5, 0.6) is 0 Å². The molecule has 80 valence electrons. The van der Waals surface area contributed by atoms with Crippen LogP contribution in [0.4, 0.5) is 10.5 Å². The van der Waals surface area contributed by atoms with Crippen LogP contribution in [0.15, 0.2) is 24.3 Å². The zero-order valence-corrected chi connectivity index (χ0v) is 8.86. The zero-order valence-electron chi connectivity index (χ0n) is 8.86. The molecule has 0 unspecified atom stereocenters. The standard InChI is InChI=1S/C11H14N2O2/c1-8(14)7-9-3-5-10(6-4-9)13(2)11(12)15/h3-6H,7H2,1-2H3,(H2,12,15). The lowest BCUT2D eigenvalue weighted by Gasteiger charge is -2.14. The van der Waals surface area contributed by atoms with Crippen LogP contribution in [-0.2, 0) is 11.2 Å². The first-order chi connectivity index (χ1) is 7.00. The molecule has 4 nitrogen and oxygen atoms in total. The highest BCUT2D eigenvalue weighted by molar-refractivity contribution is 5.90. The summed E-state index contributed by atoms with van der Waals surface area (Å²) in [6.07, 6.45) is 0.417. The Hall–Kier alpha value is -1.84. The maximum absolute atomic E-state index is 10.9. The van der Waals surface area contributed by atoms with E-state index in [4.69, 9.17) is 5.73 Å². The van der Waals surface area contributed by atoms with E-state index in [0.717, 1.165) is 11.3 Å². The molecule has 0 aliphatic rings. The number of Topliss-reactive ketones (excluding diaryl/α,β-unsaturated/α-hetero) is 1. The molecular weight excluding hydrogens is 192 g/mol. The lowest BCUT2D eigenvalue weighted by Crippen LogP contribution is -2.31. The molecule has 0 spiro atoms. The Labute approximate surface area is 88.7 Å². The van der Waals surface area contributed by atoms with Gasteiger partial charge in [0.1, 0.15) is 5.78 Å². The van der Waals surface area contributed by atoms with Gasteiger partial charge in [-0.2, -0.15) is 0 Å². The van der Waals surface area contributed by atoms with E-state index in [1.54, 1.807) is 26.1 Å². The molecule has 0 aliphatic carbocycles. The van der Waals surface area contributed by atoms with Crippen molar-refractivity contribution in [1.29, 1.82) is 0 Å².